The van der Waals surface area contributed by atoms with Gasteiger partial charge in [0, 0.05) is 23.7 Å². The van der Waals surface area contributed by atoms with E-state index in [-0.39, 0.29) is 21.3 Å². The quantitative estimate of drug-likeness (QED) is 0.792. The van der Waals surface area contributed by atoms with E-state index < -0.39 is 15.8 Å². The van der Waals surface area contributed by atoms with Crippen molar-refractivity contribution >= 4 is 26.0 Å². The number of hydrogen-bond acceptors (Lipinski definition) is 3. The fourth-order valence-electron chi connectivity index (χ4n) is 2.60. The fourth-order valence-corrected chi connectivity index (χ4v) is 5.37. The van der Waals surface area contributed by atoms with Crippen molar-refractivity contribution in [1.29, 1.82) is 0 Å². The van der Waals surface area contributed by atoms with Crippen molar-refractivity contribution in [3.05, 3.63) is 28.5 Å². The molecule has 1 unspecified atom stereocenters. The van der Waals surface area contributed by atoms with Crippen LogP contribution in [0.4, 0.5) is 4.39 Å². The summed E-state index contributed by atoms with van der Waals surface area (Å²) in [5, 5.41) is 0. The Hall–Kier alpha value is -0.500. The lowest BCUT2D eigenvalue weighted by Crippen LogP contribution is -2.37. The molecule has 0 spiro atoms. The van der Waals surface area contributed by atoms with Crippen molar-refractivity contribution in [1.82, 2.24) is 4.31 Å². The maximum atomic E-state index is 13.2. The third-order valence-electron chi connectivity index (χ3n) is 3.90. The second-order valence-corrected chi connectivity index (χ2v) is 8.32. The number of nitrogens with zero attached hydrogens (tertiary/aromatic N) is 1. The van der Waals surface area contributed by atoms with Crippen LogP contribution in [-0.2, 0) is 14.8 Å². The minimum absolute atomic E-state index is 0.0764. The smallest absolute Gasteiger partial charge is 0.244 e. The molecule has 7 heteroatoms. The lowest BCUT2D eigenvalue weighted by Gasteiger charge is -2.25. The molecule has 4 nitrogen and oxygen atoms in total. The molecule has 3 rings (SSSR count). The van der Waals surface area contributed by atoms with E-state index in [0.717, 1.165) is 19.3 Å². The lowest BCUT2D eigenvalue weighted by molar-refractivity contribution is 0.180. The standard InChI is InChI=1S/C14H17BrFNO3S/c15-13-7-11(16)1-4-14(13)21(18,19)17(12-2-3-12)8-10-5-6-20-9-10/h1,4,7,10,12H,2-3,5-6,8-9H2. The third-order valence-corrected chi connectivity index (χ3v) is 6.79. The molecular weight excluding hydrogens is 361 g/mol. The highest BCUT2D eigenvalue weighted by atomic mass is 79.9. The van der Waals surface area contributed by atoms with E-state index >= 15 is 0 Å². The van der Waals surface area contributed by atoms with Crippen LogP contribution >= 0.6 is 15.9 Å². The predicted octanol–water partition coefficient (Wildman–Crippen LogP) is 2.78. The maximum Gasteiger partial charge on any atom is 0.244 e. The Morgan fingerprint density at radius 1 is 1.33 bits per heavy atom. The lowest BCUT2D eigenvalue weighted by atomic mass is 10.1. The molecule has 0 radical (unpaired) electrons. The SMILES string of the molecule is O=S(=O)(c1ccc(F)cc1Br)N(CC1CCOC1)C1CC1. The zero-order chi connectivity index (χ0) is 15.0. The summed E-state index contributed by atoms with van der Waals surface area (Å²) in [4.78, 5) is 0.134. The molecule has 0 amide bonds. The number of hydrogen-bond donors (Lipinski definition) is 0. The van der Waals surface area contributed by atoms with Gasteiger partial charge in [0.1, 0.15) is 5.82 Å². The summed E-state index contributed by atoms with van der Waals surface area (Å²) in [5.74, 6) is -0.206. The predicted molar refractivity (Wildman–Crippen MR) is 79.9 cm³/mol. The first-order valence-electron chi connectivity index (χ1n) is 7.03. The van der Waals surface area contributed by atoms with Crippen LogP contribution in [0.2, 0.25) is 0 Å². The molecule has 2 aliphatic rings. The zero-order valence-electron chi connectivity index (χ0n) is 11.5. The van der Waals surface area contributed by atoms with E-state index in [9.17, 15) is 12.8 Å². The molecule has 1 aromatic carbocycles. The average Bonchev–Trinajstić information content (AvgIpc) is 3.11. The minimum Gasteiger partial charge on any atom is -0.381 e. The Morgan fingerprint density at radius 3 is 2.67 bits per heavy atom. The molecule has 1 saturated heterocycles. The van der Waals surface area contributed by atoms with E-state index in [1.165, 1.54) is 18.2 Å². The van der Waals surface area contributed by atoms with Gasteiger partial charge in [-0.1, -0.05) is 0 Å². The summed E-state index contributed by atoms with van der Waals surface area (Å²) < 4.78 is 46.1. The molecule has 1 aliphatic heterocycles. The highest BCUT2D eigenvalue weighted by Gasteiger charge is 2.40. The van der Waals surface area contributed by atoms with Crippen LogP contribution in [-0.4, -0.2) is 38.5 Å². The highest BCUT2D eigenvalue weighted by molar-refractivity contribution is 9.10. The fraction of sp³-hybridized carbons (Fsp3) is 0.571. The molecule has 1 saturated carbocycles. The summed E-state index contributed by atoms with van der Waals surface area (Å²) in [5.41, 5.74) is 0. The van der Waals surface area contributed by atoms with E-state index in [1.807, 2.05) is 0 Å². The van der Waals surface area contributed by atoms with Crippen LogP contribution in [0.25, 0.3) is 0 Å². The first kappa shape index (κ1) is 15.4. The van der Waals surface area contributed by atoms with Gasteiger partial charge in [0.05, 0.1) is 11.5 Å². The number of rotatable bonds is 5. The molecule has 21 heavy (non-hydrogen) atoms. The Morgan fingerprint density at radius 2 is 2.10 bits per heavy atom. The Bertz CT molecular complexity index is 627. The molecule has 1 aromatic rings. The van der Waals surface area contributed by atoms with Gasteiger partial charge in [0.15, 0.2) is 0 Å². The van der Waals surface area contributed by atoms with Crippen LogP contribution < -0.4 is 0 Å². The molecule has 0 bridgehead atoms. The molecule has 116 valence electrons. The monoisotopic (exact) mass is 377 g/mol. The second kappa shape index (κ2) is 5.95. The van der Waals surface area contributed by atoms with Crippen molar-refractivity contribution in [2.45, 2.75) is 30.2 Å². The summed E-state index contributed by atoms with van der Waals surface area (Å²) in [6.07, 6.45) is 2.68. The molecule has 1 atom stereocenters. The zero-order valence-corrected chi connectivity index (χ0v) is 13.9. The van der Waals surface area contributed by atoms with Gasteiger partial charge in [-0.3, -0.25) is 0 Å². The number of sulfonamides is 1. The van der Waals surface area contributed by atoms with Crippen LogP contribution in [0.15, 0.2) is 27.6 Å². The van der Waals surface area contributed by atoms with Crippen LogP contribution in [0.3, 0.4) is 0 Å². The normalized spacial score (nSPS) is 22.9. The second-order valence-electron chi connectivity index (χ2n) is 5.61. The minimum atomic E-state index is -3.61. The van der Waals surface area contributed by atoms with E-state index in [2.05, 4.69) is 15.9 Å². The number of halogens is 2. The third kappa shape index (κ3) is 3.31. The van der Waals surface area contributed by atoms with Crippen LogP contribution in [0.1, 0.15) is 19.3 Å². The van der Waals surface area contributed by atoms with E-state index in [0.29, 0.717) is 19.8 Å². The van der Waals surface area contributed by atoms with Crippen molar-refractivity contribution in [2.75, 3.05) is 19.8 Å². The van der Waals surface area contributed by atoms with Gasteiger partial charge >= 0.3 is 0 Å². The van der Waals surface area contributed by atoms with Crippen LogP contribution in [0.5, 0.6) is 0 Å². The first-order valence-corrected chi connectivity index (χ1v) is 9.26. The molecule has 1 heterocycles. The van der Waals surface area contributed by atoms with E-state index in [1.54, 1.807) is 4.31 Å². The molecule has 0 aromatic heterocycles. The van der Waals surface area contributed by atoms with Gasteiger partial charge < -0.3 is 4.74 Å². The van der Waals surface area contributed by atoms with Crippen molar-refractivity contribution in [3.63, 3.8) is 0 Å². The Balaban J connectivity index is 1.89. The topological polar surface area (TPSA) is 46.6 Å². The van der Waals surface area contributed by atoms with Gasteiger partial charge in [-0.05, 0) is 59.3 Å². The van der Waals surface area contributed by atoms with Gasteiger partial charge in [-0.25, -0.2) is 12.8 Å². The first-order chi connectivity index (χ1) is 9.98. The van der Waals surface area contributed by atoms with Crippen molar-refractivity contribution in [3.8, 4) is 0 Å². The van der Waals surface area contributed by atoms with Crippen molar-refractivity contribution in [2.24, 2.45) is 5.92 Å². The molecule has 1 aliphatic carbocycles. The largest absolute Gasteiger partial charge is 0.381 e. The Kier molecular flexibility index (Phi) is 4.36. The average molecular weight is 378 g/mol. The van der Waals surface area contributed by atoms with Gasteiger partial charge in [-0.15, -0.1) is 0 Å². The van der Waals surface area contributed by atoms with Gasteiger partial charge in [0.25, 0.3) is 0 Å². The van der Waals surface area contributed by atoms with Gasteiger partial charge in [-0.2, -0.15) is 4.31 Å². The van der Waals surface area contributed by atoms with Crippen LogP contribution in [0, 0.1) is 11.7 Å². The summed E-state index contributed by atoms with van der Waals surface area (Å²) in [6, 6.07) is 3.78. The Labute approximate surface area is 132 Å². The summed E-state index contributed by atoms with van der Waals surface area (Å²) >= 11 is 3.16. The summed E-state index contributed by atoms with van der Waals surface area (Å²) in [7, 11) is -3.61. The van der Waals surface area contributed by atoms with Crippen molar-refractivity contribution < 1.29 is 17.5 Å². The maximum absolute atomic E-state index is 13.2. The van der Waals surface area contributed by atoms with E-state index in [4.69, 9.17) is 4.74 Å². The number of ether oxygens (including phenoxy) is 1. The van der Waals surface area contributed by atoms with Gasteiger partial charge in [0.2, 0.25) is 10.0 Å². The molecule has 0 N–H and O–H groups in total. The highest BCUT2D eigenvalue weighted by Crippen LogP contribution is 2.35. The molecule has 2 fully saturated rings. The number of benzene rings is 1. The summed E-state index contributed by atoms with van der Waals surface area (Å²) in [6.45, 7) is 1.80. The molecular formula is C14H17BrFNO3S.